The molecule has 0 aliphatic carbocycles. The molecule has 1 aliphatic heterocycles. The predicted octanol–water partition coefficient (Wildman–Crippen LogP) is 4.63. The maximum Gasteiger partial charge on any atom is 0.199 e. The molecule has 6 heteroatoms. The first-order chi connectivity index (χ1) is 12.2. The van der Waals surface area contributed by atoms with Crippen molar-refractivity contribution in [3.8, 4) is 0 Å². The van der Waals surface area contributed by atoms with E-state index in [2.05, 4.69) is 51.2 Å². The lowest BCUT2D eigenvalue weighted by Gasteiger charge is -2.23. The van der Waals surface area contributed by atoms with Crippen molar-refractivity contribution < 1.29 is 0 Å². The lowest BCUT2D eigenvalue weighted by atomic mass is 10.2. The van der Waals surface area contributed by atoms with E-state index < -0.39 is 0 Å². The Morgan fingerprint density at radius 2 is 2.04 bits per heavy atom. The van der Waals surface area contributed by atoms with Gasteiger partial charge in [-0.2, -0.15) is 5.10 Å². The van der Waals surface area contributed by atoms with Gasteiger partial charge in [0.1, 0.15) is 5.82 Å². The summed E-state index contributed by atoms with van der Waals surface area (Å²) in [5, 5.41) is 6.89. The molecule has 4 nitrogen and oxygen atoms in total. The van der Waals surface area contributed by atoms with Crippen LogP contribution in [0.5, 0.6) is 0 Å². The van der Waals surface area contributed by atoms with Gasteiger partial charge in [0.05, 0.1) is 13.2 Å². The van der Waals surface area contributed by atoms with Crippen LogP contribution in [0.2, 0.25) is 0 Å². The molecule has 1 saturated heterocycles. The minimum atomic E-state index is 0.501. The third-order valence-electron chi connectivity index (χ3n) is 4.84. The van der Waals surface area contributed by atoms with Gasteiger partial charge in [-0.15, -0.1) is 11.3 Å². The number of nitrogens with zero attached hydrogens (tertiary/aromatic N) is 4. The third-order valence-corrected chi connectivity index (χ3v) is 6.25. The van der Waals surface area contributed by atoms with Crippen LogP contribution in [0.3, 0.4) is 0 Å². The van der Waals surface area contributed by atoms with Crippen molar-refractivity contribution >= 4 is 23.6 Å². The minimum Gasteiger partial charge on any atom is -0.300 e. The summed E-state index contributed by atoms with van der Waals surface area (Å²) in [7, 11) is 0. The Bertz CT molecular complexity index is 880. The molecule has 25 heavy (non-hydrogen) atoms. The number of benzene rings is 1. The molecule has 2 aromatic heterocycles. The molecule has 1 aromatic carbocycles. The summed E-state index contributed by atoms with van der Waals surface area (Å²) < 4.78 is 4.92. The SMILES string of the molecule is Cc1nn(CN2CCC[C@@H]2c2cccs2)c(=S)n1Cc1ccccc1. The first-order valence-corrected chi connectivity index (χ1v) is 9.97. The summed E-state index contributed by atoms with van der Waals surface area (Å²) in [4.78, 5) is 3.95. The molecule has 3 aromatic rings. The van der Waals surface area contributed by atoms with Crippen LogP contribution < -0.4 is 0 Å². The highest BCUT2D eigenvalue weighted by molar-refractivity contribution is 7.71. The average Bonchev–Trinajstić information content (AvgIpc) is 3.34. The number of hydrogen-bond donors (Lipinski definition) is 0. The maximum absolute atomic E-state index is 5.72. The average molecular weight is 371 g/mol. The van der Waals surface area contributed by atoms with Gasteiger partial charge < -0.3 is 0 Å². The number of hydrogen-bond acceptors (Lipinski definition) is 4. The van der Waals surface area contributed by atoms with Crippen LogP contribution in [0.25, 0.3) is 0 Å². The molecule has 3 heterocycles. The molecule has 0 unspecified atom stereocenters. The first-order valence-electron chi connectivity index (χ1n) is 8.68. The van der Waals surface area contributed by atoms with E-state index in [4.69, 9.17) is 17.3 Å². The molecule has 1 atom stereocenters. The maximum atomic E-state index is 5.72. The van der Waals surface area contributed by atoms with Crippen LogP contribution in [0.1, 0.15) is 35.1 Å². The van der Waals surface area contributed by atoms with Crippen molar-refractivity contribution in [3.05, 3.63) is 68.9 Å². The number of aryl methyl sites for hydroxylation is 1. The van der Waals surface area contributed by atoms with E-state index in [1.54, 1.807) is 0 Å². The molecule has 0 spiro atoms. The molecule has 0 N–H and O–H groups in total. The van der Waals surface area contributed by atoms with Crippen molar-refractivity contribution in [2.45, 2.75) is 39.0 Å². The van der Waals surface area contributed by atoms with E-state index in [1.165, 1.54) is 23.3 Å². The Labute approximate surface area is 157 Å². The van der Waals surface area contributed by atoms with Gasteiger partial charge in [-0.05, 0) is 49.0 Å². The summed E-state index contributed by atoms with van der Waals surface area (Å²) in [6, 6.07) is 15.3. The van der Waals surface area contributed by atoms with Crippen LogP contribution >= 0.6 is 23.6 Å². The van der Waals surface area contributed by atoms with Crippen LogP contribution in [-0.2, 0) is 13.2 Å². The van der Waals surface area contributed by atoms with Gasteiger partial charge in [0, 0.05) is 17.5 Å². The fraction of sp³-hybridized carbons (Fsp3) is 0.368. The summed E-state index contributed by atoms with van der Waals surface area (Å²) in [5.74, 6) is 0.973. The quantitative estimate of drug-likeness (QED) is 0.613. The summed E-state index contributed by atoms with van der Waals surface area (Å²) in [6.45, 7) is 4.69. The Kier molecular flexibility index (Phi) is 4.83. The fourth-order valence-corrected chi connectivity index (χ4v) is 4.75. The van der Waals surface area contributed by atoms with Crippen molar-refractivity contribution in [3.63, 3.8) is 0 Å². The van der Waals surface area contributed by atoms with Crippen molar-refractivity contribution in [1.82, 2.24) is 19.2 Å². The van der Waals surface area contributed by atoms with Gasteiger partial charge in [0.2, 0.25) is 0 Å². The fourth-order valence-electron chi connectivity index (χ4n) is 3.56. The van der Waals surface area contributed by atoms with Crippen molar-refractivity contribution in [2.24, 2.45) is 0 Å². The van der Waals surface area contributed by atoms with Crippen LogP contribution in [0.15, 0.2) is 47.8 Å². The van der Waals surface area contributed by atoms with Gasteiger partial charge >= 0.3 is 0 Å². The molecule has 0 amide bonds. The molecular weight excluding hydrogens is 348 g/mol. The van der Waals surface area contributed by atoms with Gasteiger partial charge in [-0.1, -0.05) is 36.4 Å². The molecule has 0 radical (unpaired) electrons. The van der Waals surface area contributed by atoms with Gasteiger partial charge in [0.15, 0.2) is 4.77 Å². The second-order valence-corrected chi connectivity index (χ2v) is 7.87. The normalized spacial score (nSPS) is 18.0. The summed E-state index contributed by atoms with van der Waals surface area (Å²) in [5.41, 5.74) is 1.25. The number of likely N-dealkylation sites (tertiary alicyclic amines) is 1. The second-order valence-electron chi connectivity index (χ2n) is 6.53. The Morgan fingerprint density at radius 1 is 1.20 bits per heavy atom. The number of aromatic nitrogens is 3. The lowest BCUT2D eigenvalue weighted by molar-refractivity contribution is 0.192. The topological polar surface area (TPSA) is 26.0 Å². The van der Waals surface area contributed by atoms with Gasteiger partial charge in [-0.3, -0.25) is 9.47 Å². The highest BCUT2D eigenvalue weighted by atomic mass is 32.1. The third kappa shape index (κ3) is 3.47. The monoisotopic (exact) mass is 370 g/mol. The molecule has 1 fully saturated rings. The molecular formula is C19H22N4S2. The zero-order chi connectivity index (χ0) is 17.2. The van der Waals surface area contributed by atoms with E-state index >= 15 is 0 Å². The number of rotatable bonds is 5. The minimum absolute atomic E-state index is 0.501. The Morgan fingerprint density at radius 3 is 2.80 bits per heavy atom. The van der Waals surface area contributed by atoms with E-state index in [9.17, 15) is 0 Å². The van der Waals surface area contributed by atoms with E-state index in [1.807, 2.05) is 29.0 Å². The van der Waals surface area contributed by atoms with E-state index in [0.717, 1.165) is 30.4 Å². The van der Waals surface area contributed by atoms with Crippen LogP contribution in [0.4, 0.5) is 0 Å². The molecule has 0 bridgehead atoms. The smallest absolute Gasteiger partial charge is 0.199 e. The lowest BCUT2D eigenvalue weighted by Crippen LogP contribution is -2.26. The largest absolute Gasteiger partial charge is 0.300 e. The summed E-state index contributed by atoms with van der Waals surface area (Å²) >= 11 is 7.57. The number of thiophene rings is 1. The van der Waals surface area contributed by atoms with Crippen molar-refractivity contribution in [2.75, 3.05) is 6.54 Å². The molecule has 4 rings (SSSR count). The molecule has 1 aliphatic rings. The Hall–Kier alpha value is -1.76. The first kappa shape index (κ1) is 16.7. The second kappa shape index (κ2) is 7.23. The van der Waals surface area contributed by atoms with E-state index in [0.29, 0.717) is 6.04 Å². The summed E-state index contributed by atoms with van der Waals surface area (Å²) in [6.07, 6.45) is 2.46. The highest BCUT2D eigenvalue weighted by Gasteiger charge is 2.27. The van der Waals surface area contributed by atoms with E-state index in [-0.39, 0.29) is 0 Å². The van der Waals surface area contributed by atoms with Gasteiger partial charge in [-0.25, -0.2) is 4.68 Å². The Balaban J connectivity index is 1.55. The van der Waals surface area contributed by atoms with Crippen LogP contribution in [-0.4, -0.2) is 25.8 Å². The molecule has 0 saturated carbocycles. The van der Waals surface area contributed by atoms with Crippen molar-refractivity contribution in [1.29, 1.82) is 0 Å². The van der Waals surface area contributed by atoms with Gasteiger partial charge in [0.25, 0.3) is 0 Å². The standard InChI is InChI=1S/C19H22N4S2/c1-15-20-23(19(24)22(15)13-16-7-3-2-4-8-16)14-21-11-5-9-17(21)18-10-6-12-25-18/h2-4,6-8,10,12,17H,5,9,11,13-14H2,1H3/t17-/m1/s1. The molecule has 130 valence electrons. The highest BCUT2D eigenvalue weighted by Crippen LogP contribution is 2.34. The zero-order valence-electron chi connectivity index (χ0n) is 14.3. The zero-order valence-corrected chi connectivity index (χ0v) is 16.0. The predicted molar refractivity (Wildman–Crippen MR) is 104 cm³/mol. The van der Waals surface area contributed by atoms with Crippen LogP contribution in [0, 0.1) is 11.7 Å².